The molecule has 0 aliphatic rings. The highest BCUT2D eigenvalue weighted by Crippen LogP contribution is 2.14. The van der Waals surface area contributed by atoms with Crippen molar-refractivity contribution < 1.29 is 38.7 Å². The topological polar surface area (TPSA) is 116 Å². The van der Waals surface area contributed by atoms with Crippen molar-refractivity contribution in [2.45, 2.75) is 174 Å². The van der Waals surface area contributed by atoms with E-state index in [1.165, 1.54) is 173 Å². The maximum atomic E-state index is 12.5. The first-order chi connectivity index (χ1) is 25.5. The van der Waals surface area contributed by atoms with Crippen LogP contribution in [-0.4, -0.2) is 101 Å². The van der Waals surface area contributed by atoms with Gasteiger partial charge in [0.15, 0.2) is 6.61 Å². The third kappa shape index (κ3) is 35.3. The first kappa shape index (κ1) is 50.2. The van der Waals surface area contributed by atoms with Gasteiger partial charge in [0.05, 0.1) is 33.8 Å². The van der Waals surface area contributed by atoms with Crippen molar-refractivity contribution >= 4 is 17.8 Å². The molecule has 0 saturated heterocycles. The van der Waals surface area contributed by atoms with Crippen molar-refractivity contribution in [1.82, 2.24) is 15.1 Å². The van der Waals surface area contributed by atoms with Gasteiger partial charge in [-0.3, -0.25) is 19.3 Å². The molecule has 0 saturated carbocycles. The van der Waals surface area contributed by atoms with Crippen LogP contribution in [0.4, 0.5) is 0 Å². The summed E-state index contributed by atoms with van der Waals surface area (Å²) in [4.78, 5) is 59.5. The van der Waals surface area contributed by atoms with Crippen molar-refractivity contribution in [1.29, 1.82) is 0 Å². The van der Waals surface area contributed by atoms with E-state index < -0.39 is 11.8 Å². The van der Waals surface area contributed by atoms with Crippen LogP contribution in [0.2, 0.25) is 0 Å². The molecule has 0 atom stereocenters. The second-order valence-electron chi connectivity index (χ2n) is 14.2. The van der Waals surface area contributed by atoms with Gasteiger partial charge in [-0.05, 0) is 25.9 Å². The van der Waals surface area contributed by atoms with Crippen LogP contribution in [0.1, 0.15) is 174 Å². The van der Waals surface area contributed by atoms with E-state index in [9.17, 15) is 14.4 Å². The minimum atomic E-state index is -0.437. The first-order valence-corrected chi connectivity index (χ1v) is 21.2. The molecule has 0 unspecified atom stereocenters. The average Bonchev–Trinajstić information content (AvgIpc) is 3.14. The van der Waals surface area contributed by atoms with Crippen LogP contribution in [0, 0.1) is 0 Å². The standard InChI is InChI=1S/C41H81N3O8/c1-5-7-9-11-13-15-17-19-21-23-25-27-31-43(32-28-26-24-22-20-18-16-14-12-10-8-6-2)33-35-50-41(47)29-30-42-39(45)37-44(34-36-51-48-3)40(46)38-52-49-4/h5-38H2,1-4H3,(H,42,45). The van der Waals surface area contributed by atoms with E-state index in [0.717, 1.165) is 19.6 Å². The van der Waals surface area contributed by atoms with Gasteiger partial charge in [-0.25, -0.2) is 19.6 Å². The zero-order chi connectivity index (χ0) is 38.2. The summed E-state index contributed by atoms with van der Waals surface area (Å²) in [6, 6.07) is 0. The summed E-state index contributed by atoms with van der Waals surface area (Å²) in [5, 5.41) is 2.69. The number of amides is 2. The summed E-state index contributed by atoms with van der Waals surface area (Å²) in [5.41, 5.74) is 0. The second-order valence-corrected chi connectivity index (χ2v) is 14.2. The molecule has 2 amide bonds. The van der Waals surface area contributed by atoms with Gasteiger partial charge in [0, 0.05) is 19.6 Å². The molecule has 1 N–H and O–H groups in total. The molecule has 0 heterocycles. The normalized spacial score (nSPS) is 11.3. The first-order valence-electron chi connectivity index (χ1n) is 21.2. The van der Waals surface area contributed by atoms with Gasteiger partial charge >= 0.3 is 5.97 Å². The van der Waals surface area contributed by atoms with E-state index in [2.05, 4.69) is 33.8 Å². The van der Waals surface area contributed by atoms with Gasteiger partial charge in [-0.2, -0.15) is 0 Å². The van der Waals surface area contributed by atoms with Crippen molar-refractivity contribution in [3.63, 3.8) is 0 Å². The lowest BCUT2D eigenvalue weighted by molar-refractivity contribution is -0.276. The Balaban J connectivity index is 4.43. The van der Waals surface area contributed by atoms with Gasteiger partial charge < -0.3 is 15.0 Å². The average molecular weight is 744 g/mol. The molecular formula is C41H81N3O8. The van der Waals surface area contributed by atoms with E-state index >= 15 is 0 Å². The summed E-state index contributed by atoms with van der Waals surface area (Å²) >= 11 is 0. The van der Waals surface area contributed by atoms with Crippen molar-refractivity contribution in [3.05, 3.63) is 0 Å². The third-order valence-corrected chi connectivity index (χ3v) is 9.53. The highest BCUT2D eigenvalue weighted by Gasteiger charge is 2.18. The fraction of sp³-hybridized carbons (Fsp3) is 0.927. The SMILES string of the molecule is CCCCCCCCCCCCCCN(CCCCCCCCCCCCCC)CCOC(=O)CCNC(=O)CN(CCOOC)C(=O)COOC. The molecule has 11 nitrogen and oxygen atoms in total. The Labute approximate surface area is 318 Å². The number of carbonyl (C=O) groups is 3. The number of nitrogens with zero attached hydrogens (tertiary/aromatic N) is 2. The van der Waals surface area contributed by atoms with Gasteiger partial charge in [-0.1, -0.05) is 155 Å². The zero-order valence-electron chi connectivity index (χ0n) is 34.2. The highest BCUT2D eigenvalue weighted by molar-refractivity contribution is 5.85. The number of hydrogen-bond donors (Lipinski definition) is 1. The molecule has 0 aliphatic carbocycles. The second kappa shape index (κ2) is 40.4. The molecule has 0 aromatic heterocycles. The molecule has 52 heavy (non-hydrogen) atoms. The summed E-state index contributed by atoms with van der Waals surface area (Å²) in [6.45, 7) is 7.53. The van der Waals surface area contributed by atoms with Gasteiger partial charge in [-0.15, -0.1) is 0 Å². The van der Waals surface area contributed by atoms with Crippen molar-refractivity contribution in [2.75, 3.05) is 73.3 Å². The molecule has 0 rings (SSSR count). The Bertz CT molecular complexity index is 776. The van der Waals surface area contributed by atoms with E-state index in [4.69, 9.17) is 14.5 Å². The number of rotatable bonds is 41. The Morgan fingerprint density at radius 2 is 0.962 bits per heavy atom. The minimum Gasteiger partial charge on any atom is -0.464 e. The van der Waals surface area contributed by atoms with Crippen LogP contribution >= 0.6 is 0 Å². The quantitative estimate of drug-likeness (QED) is 0.0284. The molecule has 0 bridgehead atoms. The summed E-state index contributed by atoms with van der Waals surface area (Å²) in [5.74, 6) is -1.18. The smallest absolute Gasteiger partial charge is 0.307 e. The Morgan fingerprint density at radius 3 is 1.40 bits per heavy atom. The molecule has 308 valence electrons. The van der Waals surface area contributed by atoms with E-state index in [1.807, 2.05) is 0 Å². The fourth-order valence-electron chi connectivity index (χ4n) is 6.31. The minimum absolute atomic E-state index is 0.0662. The largest absolute Gasteiger partial charge is 0.464 e. The summed E-state index contributed by atoms with van der Waals surface area (Å²) < 4.78 is 5.55. The lowest BCUT2D eigenvalue weighted by atomic mass is 10.0. The van der Waals surface area contributed by atoms with Crippen LogP contribution in [-0.2, 0) is 38.7 Å². The Kier molecular flexibility index (Phi) is 39.0. The Morgan fingerprint density at radius 1 is 0.519 bits per heavy atom. The van der Waals surface area contributed by atoms with E-state index in [1.54, 1.807) is 0 Å². The Hall–Kier alpha value is -1.79. The number of carbonyl (C=O) groups excluding carboxylic acids is 3. The van der Waals surface area contributed by atoms with Crippen molar-refractivity contribution in [3.8, 4) is 0 Å². The van der Waals surface area contributed by atoms with Crippen LogP contribution < -0.4 is 5.32 Å². The van der Waals surface area contributed by atoms with Gasteiger partial charge in [0.1, 0.15) is 6.61 Å². The van der Waals surface area contributed by atoms with Gasteiger partial charge in [0.2, 0.25) is 5.91 Å². The van der Waals surface area contributed by atoms with Gasteiger partial charge in [0.25, 0.3) is 5.91 Å². The highest BCUT2D eigenvalue weighted by atomic mass is 17.2. The lowest BCUT2D eigenvalue weighted by Gasteiger charge is -2.22. The van der Waals surface area contributed by atoms with Crippen molar-refractivity contribution in [2.24, 2.45) is 0 Å². The summed E-state index contributed by atoms with van der Waals surface area (Å²) in [7, 11) is 2.67. The molecule has 11 heteroatoms. The third-order valence-electron chi connectivity index (χ3n) is 9.53. The molecule has 0 aromatic rings. The molecule has 0 spiro atoms. The number of unbranched alkanes of at least 4 members (excludes halogenated alkanes) is 22. The molecule has 0 aliphatic heterocycles. The predicted molar refractivity (Wildman–Crippen MR) is 210 cm³/mol. The molecular weight excluding hydrogens is 662 g/mol. The van der Waals surface area contributed by atoms with Crippen LogP contribution in [0.3, 0.4) is 0 Å². The van der Waals surface area contributed by atoms with Crippen LogP contribution in [0.25, 0.3) is 0 Å². The molecule has 0 radical (unpaired) electrons. The zero-order valence-corrected chi connectivity index (χ0v) is 34.2. The number of esters is 1. The summed E-state index contributed by atoms with van der Waals surface area (Å²) in [6.07, 6.45) is 32.2. The predicted octanol–water partition coefficient (Wildman–Crippen LogP) is 8.72. The number of nitrogens with one attached hydrogen (secondary N) is 1. The molecule has 0 fully saturated rings. The van der Waals surface area contributed by atoms with E-state index in [0.29, 0.717) is 6.61 Å². The van der Waals surface area contributed by atoms with Crippen LogP contribution in [0.15, 0.2) is 0 Å². The van der Waals surface area contributed by atoms with Crippen LogP contribution in [0.5, 0.6) is 0 Å². The maximum Gasteiger partial charge on any atom is 0.307 e. The monoisotopic (exact) mass is 744 g/mol. The molecule has 0 aromatic carbocycles. The number of ether oxygens (including phenoxy) is 1. The maximum absolute atomic E-state index is 12.5. The van der Waals surface area contributed by atoms with E-state index in [-0.39, 0.29) is 45.2 Å². The number of hydrogen-bond acceptors (Lipinski definition) is 9. The fourth-order valence-corrected chi connectivity index (χ4v) is 6.31. The lowest BCUT2D eigenvalue weighted by Crippen LogP contribution is -2.44.